The Morgan fingerprint density at radius 1 is 1.39 bits per heavy atom. The van der Waals surface area contributed by atoms with Crippen LogP contribution >= 0.6 is 0 Å². The fourth-order valence-electron chi connectivity index (χ4n) is 2.49. The minimum Gasteiger partial charge on any atom is -0.506 e. The minimum absolute atomic E-state index is 0.0285. The van der Waals surface area contributed by atoms with Gasteiger partial charge in [-0.05, 0) is 25.1 Å². The molecule has 7 nitrogen and oxygen atoms in total. The zero-order valence-electron chi connectivity index (χ0n) is 12.0. The normalized spacial score (nSPS) is 22.6. The highest BCUT2D eigenvalue weighted by molar-refractivity contribution is 7.92. The lowest BCUT2D eigenvalue weighted by Crippen LogP contribution is -2.30. The number of rotatable bonds is 1. The van der Waals surface area contributed by atoms with Crippen molar-refractivity contribution in [3.8, 4) is 17.6 Å². The molecule has 3 N–H and O–H groups in total. The molecule has 9 heteroatoms. The van der Waals surface area contributed by atoms with Crippen LogP contribution in [0.25, 0.3) is 0 Å². The fourth-order valence-corrected chi connectivity index (χ4v) is 3.66. The Morgan fingerprint density at radius 3 is 2.78 bits per heavy atom. The molecule has 1 atom stereocenters. The Bertz CT molecular complexity index is 822. The highest BCUT2D eigenvalue weighted by atomic mass is 32.2. The summed E-state index contributed by atoms with van der Waals surface area (Å²) < 4.78 is 40.5. The van der Waals surface area contributed by atoms with E-state index in [2.05, 4.69) is 17.2 Å². The monoisotopic (exact) mass is 339 g/mol. The number of nitrogens with one attached hydrogen (secondary N) is 2. The van der Waals surface area contributed by atoms with E-state index in [0.29, 0.717) is 4.31 Å². The maximum atomic E-state index is 14.6. The van der Waals surface area contributed by atoms with Crippen molar-refractivity contribution in [1.82, 2.24) is 10.0 Å². The molecular weight excluding hydrogens is 325 g/mol. The number of hydrogen-bond donors (Lipinski definition) is 3. The largest absolute Gasteiger partial charge is 0.506 e. The molecule has 0 radical (unpaired) electrons. The summed E-state index contributed by atoms with van der Waals surface area (Å²) >= 11 is 0. The van der Waals surface area contributed by atoms with Crippen molar-refractivity contribution in [3.63, 3.8) is 0 Å². The molecule has 23 heavy (non-hydrogen) atoms. The van der Waals surface area contributed by atoms with Gasteiger partial charge in [-0.25, -0.2) is 13.4 Å². The summed E-state index contributed by atoms with van der Waals surface area (Å²) in [6.07, 6.45) is 0.860. The van der Waals surface area contributed by atoms with Gasteiger partial charge in [0.1, 0.15) is 18.0 Å². The second-order valence-corrected chi connectivity index (χ2v) is 6.89. The van der Waals surface area contributed by atoms with Gasteiger partial charge in [-0.3, -0.25) is 4.79 Å². The van der Waals surface area contributed by atoms with Gasteiger partial charge in [0, 0.05) is 12.5 Å². The van der Waals surface area contributed by atoms with Crippen molar-refractivity contribution < 1.29 is 22.7 Å². The maximum absolute atomic E-state index is 14.6. The number of hydrogen-bond acceptors (Lipinski definition) is 5. The lowest BCUT2D eigenvalue weighted by Gasteiger charge is -2.17. The maximum Gasteiger partial charge on any atom is 0.326 e. The smallest absolute Gasteiger partial charge is 0.326 e. The van der Waals surface area contributed by atoms with Crippen LogP contribution in [0.5, 0.6) is 5.75 Å². The van der Waals surface area contributed by atoms with Gasteiger partial charge in [0.25, 0.3) is 5.91 Å². The number of carbonyl (C=O) groups is 1. The first-order valence-corrected chi connectivity index (χ1v) is 8.39. The highest BCUT2D eigenvalue weighted by Gasteiger charge is 2.37. The van der Waals surface area contributed by atoms with Gasteiger partial charge in [-0.1, -0.05) is 11.8 Å². The van der Waals surface area contributed by atoms with Crippen molar-refractivity contribution >= 4 is 21.8 Å². The van der Waals surface area contributed by atoms with Crippen LogP contribution in [0.15, 0.2) is 12.1 Å². The van der Waals surface area contributed by atoms with Crippen LogP contribution in [-0.4, -0.2) is 39.1 Å². The molecule has 2 saturated heterocycles. The standard InChI is InChI=1S/C14H14FN3O4S/c15-13-10(2-1-9-5-6-16-7-9)3-4-11(19)14(13)18-8-12(20)17-23(18,21)22/h3-4,9,16,19H,5-8H2,(H,17,20). The number of phenols is 1. The van der Waals surface area contributed by atoms with E-state index in [9.17, 15) is 22.7 Å². The molecule has 0 saturated carbocycles. The van der Waals surface area contributed by atoms with Gasteiger partial charge < -0.3 is 10.4 Å². The van der Waals surface area contributed by atoms with Crippen LogP contribution in [0.2, 0.25) is 0 Å². The van der Waals surface area contributed by atoms with E-state index in [1.165, 1.54) is 6.07 Å². The fraction of sp³-hybridized carbons (Fsp3) is 0.357. The van der Waals surface area contributed by atoms with E-state index in [4.69, 9.17) is 0 Å². The third-order valence-corrected chi connectivity index (χ3v) is 5.01. The molecule has 1 aromatic carbocycles. The number of carbonyl (C=O) groups excluding carboxylic acids is 1. The van der Waals surface area contributed by atoms with Gasteiger partial charge in [-0.15, -0.1) is 0 Å². The molecule has 2 aliphatic rings. The number of amides is 1. The van der Waals surface area contributed by atoms with Gasteiger partial charge in [-0.2, -0.15) is 8.42 Å². The average molecular weight is 339 g/mol. The van der Waals surface area contributed by atoms with E-state index in [0.717, 1.165) is 25.6 Å². The molecule has 1 unspecified atom stereocenters. The summed E-state index contributed by atoms with van der Waals surface area (Å²) in [6, 6.07) is 2.44. The lowest BCUT2D eigenvalue weighted by molar-refractivity contribution is -0.117. The van der Waals surface area contributed by atoms with Crippen molar-refractivity contribution in [2.24, 2.45) is 5.92 Å². The van der Waals surface area contributed by atoms with Crippen LogP contribution in [0.1, 0.15) is 12.0 Å². The predicted octanol–water partition coefficient (Wildman–Crippen LogP) is -0.327. The van der Waals surface area contributed by atoms with Gasteiger partial charge in [0.2, 0.25) is 0 Å². The van der Waals surface area contributed by atoms with Crippen LogP contribution in [0.3, 0.4) is 0 Å². The zero-order valence-corrected chi connectivity index (χ0v) is 12.8. The van der Waals surface area contributed by atoms with Crippen molar-refractivity contribution in [1.29, 1.82) is 0 Å². The third-order valence-electron chi connectivity index (χ3n) is 3.64. The molecule has 1 aromatic rings. The second-order valence-electron chi connectivity index (χ2n) is 5.29. The van der Waals surface area contributed by atoms with Gasteiger partial charge in [0.15, 0.2) is 5.82 Å². The van der Waals surface area contributed by atoms with Crippen LogP contribution in [-0.2, 0) is 15.0 Å². The molecule has 3 rings (SSSR count). The SMILES string of the molecule is O=C1CN(c2c(O)ccc(C#CC3CCNC3)c2F)S(=O)(=O)N1. The van der Waals surface area contributed by atoms with Crippen molar-refractivity contribution in [3.05, 3.63) is 23.5 Å². The Hall–Kier alpha value is -2.31. The first kappa shape index (κ1) is 15.6. The average Bonchev–Trinajstić information content (AvgIpc) is 3.06. The van der Waals surface area contributed by atoms with E-state index < -0.39 is 39.9 Å². The topological polar surface area (TPSA) is 98.7 Å². The summed E-state index contributed by atoms with van der Waals surface area (Å²) in [5.74, 6) is 3.37. The molecule has 0 aromatic heterocycles. The first-order valence-electron chi connectivity index (χ1n) is 6.95. The Balaban J connectivity index is 2.01. The molecule has 2 fully saturated rings. The zero-order chi connectivity index (χ0) is 16.6. The van der Waals surface area contributed by atoms with Crippen LogP contribution in [0, 0.1) is 23.6 Å². The molecule has 0 aliphatic carbocycles. The number of nitrogens with zero attached hydrogens (tertiary/aromatic N) is 1. The predicted molar refractivity (Wildman–Crippen MR) is 80.3 cm³/mol. The molecule has 0 spiro atoms. The summed E-state index contributed by atoms with van der Waals surface area (Å²) in [7, 11) is -4.21. The van der Waals surface area contributed by atoms with E-state index in [1.54, 1.807) is 4.72 Å². The van der Waals surface area contributed by atoms with E-state index >= 15 is 0 Å². The number of benzene rings is 1. The Kier molecular flexibility index (Phi) is 3.87. The molecule has 2 aliphatic heterocycles. The van der Waals surface area contributed by atoms with Crippen LogP contribution in [0.4, 0.5) is 10.1 Å². The highest BCUT2D eigenvalue weighted by Crippen LogP contribution is 2.34. The summed E-state index contributed by atoms with van der Waals surface area (Å²) in [5.41, 5.74) is -0.598. The van der Waals surface area contributed by atoms with Gasteiger partial charge >= 0.3 is 10.2 Å². The Labute approximate surface area is 132 Å². The molecule has 2 heterocycles. The van der Waals surface area contributed by atoms with E-state index in [-0.39, 0.29) is 11.5 Å². The van der Waals surface area contributed by atoms with Crippen molar-refractivity contribution in [2.45, 2.75) is 6.42 Å². The van der Waals surface area contributed by atoms with E-state index in [1.807, 2.05) is 0 Å². The van der Waals surface area contributed by atoms with Gasteiger partial charge in [0.05, 0.1) is 5.56 Å². The summed E-state index contributed by atoms with van der Waals surface area (Å²) in [6.45, 7) is 0.983. The quantitative estimate of drug-likeness (QED) is 0.609. The number of anilines is 1. The number of aromatic hydroxyl groups is 1. The molecule has 0 bridgehead atoms. The van der Waals surface area contributed by atoms with Crippen LogP contribution < -0.4 is 14.3 Å². The number of phenolic OH excluding ortho intramolecular Hbond substituents is 1. The summed E-state index contributed by atoms with van der Waals surface area (Å²) in [4.78, 5) is 11.3. The van der Waals surface area contributed by atoms with Crippen molar-refractivity contribution in [2.75, 3.05) is 23.9 Å². The Morgan fingerprint density at radius 2 is 2.17 bits per heavy atom. The molecular formula is C14H14FN3O4S. The minimum atomic E-state index is -4.21. The third kappa shape index (κ3) is 2.95. The molecule has 1 amide bonds. The lowest BCUT2D eigenvalue weighted by atomic mass is 10.1. The molecule has 122 valence electrons. The first-order chi connectivity index (χ1) is 10.9. The second kappa shape index (κ2) is 5.72. The number of halogens is 1. The summed E-state index contributed by atoms with van der Waals surface area (Å²) in [5, 5.41) is 13.0.